The van der Waals surface area contributed by atoms with Gasteiger partial charge >= 0.3 is 5.69 Å². The van der Waals surface area contributed by atoms with Crippen LogP contribution in [-0.4, -0.2) is 62.9 Å². The average Bonchev–Trinajstić information content (AvgIpc) is 2.94. The van der Waals surface area contributed by atoms with Gasteiger partial charge in [-0.3, -0.25) is 4.57 Å². The summed E-state index contributed by atoms with van der Waals surface area (Å²) in [7, 11) is 0. The highest BCUT2D eigenvalue weighted by Gasteiger charge is 2.35. The van der Waals surface area contributed by atoms with E-state index in [0.29, 0.717) is 17.7 Å². The Hall–Kier alpha value is -1.77. The van der Waals surface area contributed by atoms with E-state index in [1.807, 2.05) is 6.92 Å². The molecule has 0 saturated carbocycles. The van der Waals surface area contributed by atoms with E-state index < -0.39 is 24.1 Å². The van der Waals surface area contributed by atoms with Crippen LogP contribution in [0.1, 0.15) is 45.9 Å². The SMILES string of the molecule is Cc1cn(C2CC(O)C(CO)O2)c(=O)nc1N=CN(CC(C)C)CC(C)C. The maximum atomic E-state index is 12.4. The van der Waals surface area contributed by atoms with Crippen LogP contribution >= 0.6 is 0 Å². The van der Waals surface area contributed by atoms with Gasteiger partial charge in [0, 0.05) is 31.3 Å². The summed E-state index contributed by atoms with van der Waals surface area (Å²) in [6.45, 7) is 11.9. The number of aliphatic imine (C=N–C) groups is 1. The highest BCUT2D eigenvalue weighted by Crippen LogP contribution is 2.28. The molecule has 2 N–H and O–H groups in total. The van der Waals surface area contributed by atoms with Gasteiger partial charge in [0.05, 0.1) is 19.0 Å². The Bertz CT molecular complexity index is 691. The van der Waals surface area contributed by atoms with Gasteiger partial charge in [0.25, 0.3) is 0 Å². The molecule has 27 heavy (non-hydrogen) atoms. The zero-order valence-corrected chi connectivity index (χ0v) is 16.9. The first-order valence-corrected chi connectivity index (χ1v) is 9.53. The van der Waals surface area contributed by atoms with Crippen LogP contribution in [0.15, 0.2) is 16.0 Å². The van der Waals surface area contributed by atoms with Crippen molar-refractivity contribution in [3.8, 4) is 0 Å². The van der Waals surface area contributed by atoms with E-state index >= 15 is 0 Å². The van der Waals surface area contributed by atoms with Gasteiger partial charge in [0.15, 0.2) is 5.82 Å². The average molecular weight is 380 g/mol. The standard InChI is InChI=1S/C19H32N4O4/c1-12(2)7-22(8-13(3)4)11-20-18-14(5)9-23(19(26)21-18)17-6-15(25)16(10-24)27-17/h9,11-13,15-17,24-25H,6-8,10H2,1-5H3. The van der Waals surface area contributed by atoms with Gasteiger partial charge in [-0.1, -0.05) is 27.7 Å². The summed E-state index contributed by atoms with van der Waals surface area (Å²) in [5.74, 6) is 1.39. The molecule has 3 unspecified atom stereocenters. The lowest BCUT2D eigenvalue weighted by atomic mass is 10.1. The monoisotopic (exact) mass is 380 g/mol. The normalized spacial score (nSPS) is 23.1. The molecule has 2 heterocycles. The maximum absolute atomic E-state index is 12.4. The van der Waals surface area contributed by atoms with Crippen LogP contribution in [0.25, 0.3) is 0 Å². The molecule has 0 aromatic carbocycles. The molecule has 1 aliphatic rings. The number of nitrogens with zero attached hydrogens (tertiary/aromatic N) is 4. The fourth-order valence-corrected chi connectivity index (χ4v) is 3.19. The van der Waals surface area contributed by atoms with Crippen molar-refractivity contribution in [1.29, 1.82) is 0 Å². The number of aromatic nitrogens is 2. The van der Waals surface area contributed by atoms with Crippen LogP contribution in [0.5, 0.6) is 0 Å². The first-order chi connectivity index (χ1) is 12.7. The topological polar surface area (TPSA) is 100 Å². The molecule has 1 saturated heterocycles. The number of hydrogen-bond acceptors (Lipinski definition) is 6. The van der Waals surface area contributed by atoms with Gasteiger partial charge in [0.1, 0.15) is 12.3 Å². The number of aryl methyl sites for hydroxylation is 1. The van der Waals surface area contributed by atoms with E-state index in [9.17, 15) is 15.0 Å². The Kier molecular flexibility index (Phi) is 7.52. The summed E-state index contributed by atoms with van der Waals surface area (Å²) in [6, 6.07) is 0. The van der Waals surface area contributed by atoms with Crippen molar-refractivity contribution in [3.63, 3.8) is 0 Å². The van der Waals surface area contributed by atoms with E-state index in [1.165, 1.54) is 4.57 Å². The Morgan fingerprint density at radius 3 is 2.52 bits per heavy atom. The molecule has 1 fully saturated rings. The highest BCUT2D eigenvalue weighted by molar-refractivity contribution is 5.60. The molecule has 0 spiro atoms. The number of hydrogen-bond donors (Lipinski definition) is 2. The lowest BCUT2D eigenvalue weighted by Gasteiger charge is -2.23. The van der Waals surface area contributed by atoms with Gasteiger partial charge in [-0.25, -0.2) is 9.79 Å². The fourth-order valence-electron chi connectivity index (χ4n) is 3.19. The van der Waals surface area contributed by atoms with E-state index in [1.54, 1.807) is 12.5 Å². The van der Waals surface area contributed by atoms with Crippen LogP contribution in [-0.2, 0) is 4.74 Å². The summed E-state index contributed by atoms with van der Waals surface area (Å²) >= 11 is 0. The third-order valence-electron chi connectivity index (χ3n) is 4.34. The van der Waals surface area contributed by atoms with Gasteiger partial charge in [-0.15, -0.1) is 0 Å². The molecule has 152 valence electrons. The fraction of sp³-hybridized carbons (Fsp3) is 0.737. The Morgan fingerprint density at radius 1 is 1.37 bits per heavy atom. The third-order valence-corrected chi connectivity index (χ3v) is 4.34. The van der Waals surface area contributed by atoms with Crippen LogP contribution < -0.4 is 5.69 Å². The van der Waals surface area contributed by atoms with E-state index in [4.69, 9.17) is 4.74 Å². The molecule has 1 aliphatic heterocycles. The highest BCUT2D eigenvalue weighted by atomic mass is 16.5. The quantitative estimate of drug-likeness (QED) is 0.523. The van der Waals surface area contributed by atoms with Gasteiger partial charge in [-0.05, 0) is 18.8 Å². The minimum absolute atomic E-state index is 0.241. The predicted molar refractivity (Wildman–Crippen MR) is 104 cm³/mol. The van der Waals surface area contributed by atoms with Crippen LogP contribution in [0, 0.1) is 18.8 Å². The second kappa shape index (κ2) is 9.43. The lowest BCUT2D eigenvalue weighted by Crippen LogP contribution is -2.30. The van der Waals surface area contributed by atoms with Crippen molar-refractivity contribution in [2.45, 2.75) is 59.5 Å². The van der Waals surface area contributed by atoms with Crippen LogP contribution in [0.4, 0.5) is 5.82 Å². The van der Waals surface area contributed by atoms with E-state index in [-0.39, 0.29) is 13.0 Å². The lowest BCUT2D eigenvalue weighted by molar-refractivity contribution is -0.0459. The van der Waals surface area contributed by atoms with Crippen LogP contribution in [0.2, 0.25) is 0 Å². The van der Waals surface area contributed by atoms with Crippen molar-refractivity contribution in [1.82, 2.24) is 14.5 Å². The molecule has 3 atom stereocenters. The zero-order chi connectivity index (χ0) is 20.1. The molecule has 8 heteroatoms. The summed E-state index contributed by atoms with van der Waals surface area (Å²) < 4.78 is 6.90. The van der Waals surface area contributed by atoms with Gasteiger partial charge in [0.2, 0.25) is 0 Å². The Morgan fingerprint density at radius 2 is 2.00 bits per heavy atom. The third kappa shape index (κ3) is 5.85. The van der Waals surface area contributed by atoms with Gasteiger partial charge in [-0.2, -0.15) is 4.98 Å². The summed E-state index contributed by atoms with van der Waals surface area (Å²) in [5.41, 5.74) is 0.258. The van der Waals surface area contributed by atoms with Crippen molar-refractivity contribution in [2.75, 3.05) is 19.7 Å². The molecule has 1 aromatic heterocycles. The molecule has 0 aliphatic carbocycles. The van der Waals surface area contributed by atoms with Crippen molar-refractivity contribution >= 4 is 12.2 Å². The zero-order valence-electron chi connectivity index (χ0n) is 16.9. The smallest absolute Gasteiger partial charge is 0.351 e. The molecule has 8 nitrogen and oxygen atoms in total. The van der Waals surface area contributed by atoms with Crippen LogP contribution in [0.3, 0.4) is 0 Å². The molecular weight excluding hydrogens is 348 g/mol. The van der Waals surface area contributed by atoms with Crippen molar-refractivity contribution < 1.29 is 14.9 Å². The summed E-state index contributed by atoms with van der Waals surface area (Å²) in [4.78, 5) is 23.1. The first kappa shape index (κ1) is 21.5. The minimum Gasteiger partial charge on any atom is -0.394 e. The second-order valence-electron chi connectivity index (χ2n) is 8.04. The predicted octanol–water partition coefficient (Wildman–Crippen LogP) is 1.47. The van der Waals surface area contributed by atoms with E-state index in [2.05, 4.69) is 42.6 Å². The number of aliphatic hydroxyl groups is 2. The Labute approximate surface area is 160 Å². The molecule has 2 rings (SSSR count). The molecule has 0 amide bonds. The second-order valence-corrected chi connectivity index (χ2v) is 8.04. The molecule has 1 aromatic rings. The van der Waals surface area contributed by atoms with Crippen molar-refractivity contribution in [2.24, 2.45) is 16.8 Å². The summed E-state index contributed by atoms with van der Waals surface area (Å²) in [5, 5.41) is 19.1. The van der Waals surface area contributed by atoms with E-state index in [0.717, 1.165) is 18.7 Å². The largest absolute Gasteiger partial charge is 0.394 e. The first-order valence-electron chi connectivity index (χ1n) is 9.53. The minimum atomic E-state index is -0.800. The number of rotatable bonds is 8. The maximum Gasteiger partial charge on any atom is 0.351 e. The number of aliphatic hydroxyl groups excluding tert-OH is 2. The van der Waals surface area contributed by atoms with Gasteiger partial charge < -0.3 is 19.8 Å². The Balaban J connectivity index is 2.19. The molecule has 0 bridgehead atoms. The molecular formula is C19H32N4O4. The molecule has 0 radical (unpaired) electrons. The van der Waals surface area contributed by atoms with Crippen molar-refractivity contribution in [3.05, 3.63) is 22.2 Å². The number of ether oxygens (including phenoxy) is 1. The summed E-state index contributed by atoms with van der Waals surface area (Å²) in [6.07, 6.45) is 1.54.